The van der Waals surface area contributed by atoms with E-state index in [4.69, 9.17) is 11.6 Å². The highest BCUT2D eigenvalue weighted by molar-refractivity contribution is 7.94. The van der Waals surface area contributed by atoms with Crippen LogP contribution in [0.15, 0.2) is 39.9 Å². The molecule has 3 aromatic rings. The molecule has 1 aromatic carbocycles. The fourth-order valence-corrected chi connectivity index (χ4v) is 4.81. The van der Waals surface area contributed by atoms with Crippen LogP contribution in [-0.2, 0) is 16.6 Å². The predicted octanol–water partition coefficient (Wildman–Crippen LogP) is 4.20. The van der Waals surface area contributed by atoms with Gasteiger partial charge in [-0.25, -0.2) is 12.8 Å². The van der Waals surface area contributed by atoms with Gasteiger partial charge in [-0.3, -0.25) is 9.40 Å². The van der Waals surface area contributed by atoms with Crippen molar-refractivity contribution in [1.29, 1.82) is 0 Å². The highest BCUT2D eigenvalue weighted by Crippen LogP contribution is 2.26. The second kappa shape index (κ2) is 6.78. The maximum atomic E-state index is 13.2. The van der Waals surface area contributed by atoms with Crippen molar-refractivity contribution < 1.29 is 12.8 Å². The van der Waals surface area contributed by atoms with Crippen LogP contribution in [0.1, 0.15) is 17.0 Å². The Kier molecular flexibility index (Phi) is 4.86. The number of halogens is 2. The number of sulfonamides is 1. The molecule has 0 saturated carbocycles. The number of anilines is 1. The quantitative estimate of drug-likeness (QED) is 0.699. The van der Waals surface area contributed by atoms with Crippen molar-refractivity contribution in [2.75, 3.05) is 4.72 Å². The van der Waals surface area contributed by atoms with Gasteiger partial charge in [0, 0.05) is 5.02 Å². The summed E-state index contributed by atoms with van der Waals surface area (Å²) in [5.74, 6) is -0.411. The lowest BCUT2D eigenvalue weighted by atomic mass is 10.2. The van der Waals surface area contributed by atoms with Crippen molar-refractivity contribution in [1.82, 2.24) is 9.78 Å². The number of benzene rings is 1. The molecule has 9 heteroatoms. The van der Waals surface area contributed by atoms with Crippen molar-refractivity contribution in [3.05, 3.63) is 63.5 Å². The molecule has 2 heterocycles. The molecular weight excluding hydrogens is 385 g/mol. The second-order valence-corrected chi connectivity index (χ2v) is 8.74. The molecule has 0 radical (unpaired) electrons. The molecule has 0 aliphatic rings. The average Bonchev–Trinajstić information content (AvgIpc) is 3.16. The van der Waals surface area contributed by atoms with Crippen LogP contribution in [0.2, 0.25) is 5.02 Å². The third-order valence-electron chi connectivity index (χ3n) is 3.71. The van der Waals surface area contributed by atoms with Crippen LogP contribution in [0, 0.1) is 19.7 Å². The Balaban J connectivity index is 1.91. The van der Waals surface area contributed by atoms with Crippen LogP contribution < -0.4 is 4.72 Å². The molecule has 0 aliphatic heterocycles. The maximum Gasteiger partial charge on any atom is 0.271 e. The van der Waals surface area contributed by atoms with E-state index < -0.39 is 15.8 Å². The minimum Gasteiger partial charge on any atom is -0.275 e. The first-order chi connectivity index (χ1) is 11.8. The largest absolute Gasteiger partial charge is 0.275 e. The summed E-state index contributed by atoms with van der Waals surface area (Å²) in [7, 11) is -3.65. The molecule has 25 heavy (non-hydrogen) atoms. The summed E-state index contributed by atoms with van der Waals surface area (Å²) in [4.78, 5) is 0. The highest BCUT2D eigenvalue weighted by atomic mass is 35.5. The van der Waals surface area contributed by atoms with Crippen LogP contribution in [0.4, 0.5) is 10.1 Å². The monoisotopic (exact) mass is 399 g/mol. The Labute approximate surface area is 154 Å². The number of aromatic nitrogens is 2. The molecule has 5 nitrogen and oxygen atoms in total. The maximum absolute atomic E-state index is 13.2. The van der Waals surface area contributed by atoms with Crippen molar-refractivity contribution >= 4 is 38.6 Å². The van der Waals surface area contributed by atoms with Gasteiger partial charge in [-0.05, 0) is 43.0 Å². The number of thiophene rings is 1. The van der Waals surface area contributed by atoms with E-state index in [1.54, 1.807) is 42.1 Å². The van der Waals surface area contributed by atoms with Crippen molar-refractivity contribution in [3.63, 3.8) is 0 Å². The summed E-state index contributed by atoms with van der Waals surface area (Å²) < 4.78 is 42.5. The standard InChI is InChI=1S/C16H15ClFN3O2S2/c1-10-16(20-25(22,23)15-4-3-7-24-15)11(2)21(19-10)9-12-5-6-13(18)8-14(12)17/h3-8,20H,9H2,1-2H3. The Morgan fingerprint density at radius 3 is 2.72 bits per heavy atom. The second-order valence-electron chi connectivity index (χ2n) is 5.48. The summed E-state index contributed by atoms with van der Waals surface area (Å²) in [5.41, 5.74) is 2.34. The van der Waals surface area contributed by atoms with Crippen LogP contribution in [0.25, 0.3) is 0 Å². The molecule has 0 spiro atoms. The number of hydrogen-bond donors (Lipinski definition) is 1. The lowest BCUT2D eigenvalue weighted by Gasteiger charge is -2.09. The van der Waals surface area contributed by atoms with E-state index in [0.29, 0.717) is 34.2 Å². The lowest BCUT2D eigenvalue weighted by Crippen LogP contribution is -2.13. The fraction of sp³-hybridized carbons (Fsp3) is 0.188. The van der Waals surface area contributed by atoms with Crippen LogP contribution in [0.3, 0.4) is 0 Å². The molecule has 0 fully saturated rings. The Hall–Kier alpha value is -1.90. The highest BCUT2D eigenvalue weighted by Gasteiger charge is 2.21. The van der Waals surface area contributed by atoms with Gasteiger partial charge in [0.25, 0.3) is 10.0 Å². The molecule has 0 unspecified atom stereocenters. The summed E-state index contributed by atoms with van der Waals surface area (Å²) >= 11 is 7.20. The number of rotatable bonds is 5. The minimum atomic E-state index is -3.65. The smallest absolute Gasteiger partial charge is 0.271 e. The molecule has 0 bridgehead atoms. The Bertz CT molecular complexity index is 1010. The zero-order valence-electron chi connectivity index (χ0n) is 13.5. The minimum absolute atomic E-state index is 0.237. The van der Waals surface area contributed by atoms with Gasteiger partial charge in [0.2, 0.25) is 0 Å². The SMILES string of the molecule is Cc1nn(Cc2ccc(F)cc2Cl)c(C)c1NS(=O)(=O)c1cccs1. The third-order valence-corrected chi connectivity index (χ3v) is 6.81. The van der Waals surface area contributed by atoms with E-state index in [2.05, 4.69) is 9.82 Å². The van der Waals surface area contributed by atoms with Gasteiger partial charge in [0.05, 0.1) is 23.6 Å². The number of hydrogen-bond acceptors (Lipinski definition) is 4. The van der Waals surface area contributed by atoms with Gasteiger partial charge >= 0.3 is 0 Å². The molecule has 0 amide bonds. The number of aryl methyl sites for hydroxylation is 1. The first kappa shape index (κ1) is 17.9. The predicted molar refractivity (Wildman–Crippen MR) is 97.3 cm³/mol. The Morgan fingerprint density at radius 1 is 1.32 bits per heavy atom. The summed E-state index contributed by atoms with van der Waals surface area (Å²) in [6.45, 7) is 3.80. The fourth-order valence-electron chi connectivity index (χ4n) is 2.41. The van der Waals surface area contributed by atoms with Gasteiger partial charge in [0.15, 0.2) is 0 Å². The van der Waals surface area contributed by atoms with Gasteiger partial charge in [-0.2, -0.15) is 5.10 Å². The Morgan fingerprint density at radius 2 is 2.08 bits per heavy atom. The van der Waals surface area contributed by atoms with Gasteiger partial charge < -0.3 is 0 Å². The topological polar surface area (TPSA) is 64.0 Å². The van der Waals surface area contributed by atoms with Crippen molar-refractivity contribution in [2.45, 2.75) is 24.6 Å². The van der Waals surface area contributed by atoms with E-state index >= 15 is 0 Å². The molecular formula is C16H15ClFN3O2S2. The average molecular weight is 400 g/mol. The lowest BCUT2D eigenvalue weighted by molar-refractivity contribution is 0.603. The molecule has 2 aromatic heterocycles. The first-order valence-corrected chi connectivity index (χ1v) is 10.1. The molecule has 0 aliphatic carbocycles. The number of nitrogens with one attached hydrogen (secondary N) is 1. The van der Waals surface area contributed by atoms with Crippen molar-refractivity contribution in [2.24, 2.45) is 0 Å². The van der Waals surface area contributed by atoms with Crippen LogP contribution >= 0.6 is 22.9 Å². The molecule has 3 rings (SSSR count). The summed E-state index contributed by atoms with van der Waals surface area (Å²) in [6, 6.07) is 7.37. The van der Waals surface area contributed by atoms with E-state index in [-0.39, 0.29) is 4.21 Å². The summed E-state index contributed by atoms with van der Waals surface area (Å²) in [6.07, 6.45) is 0. The zero-order chi connectivity index (χ0) is 18.2. The molecule has 132 valence electrons. The zero-order valence-corrected chi connectivity index (χ0v) is 15.8. The normalized spacial score (nSPS) is 11.7. The number of nitrogens with zero attached hydrogens (tertiary/aromatic N) is 2. The molecule has 0 saturated heterocycles. The summed E-state index contributed by atoms with van der Waals surface area (Å²) in [5, 5.41) is 6.38. The third kappa shape index (κ3) is 3.70. The van der Waals surface area contributed by atoms with Crippen LogP contribution in [0.5, 0.6) is 0 Å². The van der Waals surface area contributed by atoms with E-state index in [1.807, 2.05) is 0 Å². The van der Waals surface area contributed by atoms with E-state index in [1.165, 1.54) is 12.1 Å². The van der Waals surface area contributed by atoms with E-state index in [0.717, 1.165) is 11.3 Å². The first-order valence-electron chi connectivity index (χ1n) is 7.32. The molecule has 1 N–H and O–H groups in total. The van der Waals surface area contributed by atoms with Gasteiger partial charge in [-0.15, -0.1) is 11.3 Å². The van der Waals surface area contributed by atoms with Crippen molar-refractivity contribution in [3.8, 4) is 0 Å². The molecule has 0 atom stereocenters. The van der Waals surface area contributed by atoms with Gasteiger partial charge in [0.1, 0.15) is 10.0 Å². The van der Waals surface area contributed by atoms with Crippen LogP contribution in [-0.4, -0.2) is 18.2 Å². The van der Waals surface area contributed by atoms with E-state index in [9.17, 15) is 12.8 Å². The van der Waals surface area contributed by atoms with Gasteiger partial charge in [-0.1, -0.05) is 23.7 Å².